The van der Waals surface area contributed by atoms with Crippen molar-refractivity contribution in [3.8, 4) is 0 Å². The molecule has 0 amide bonds. The summed E-state index contributed by atoms with van der Waals surface area (Å²) in [5.41, 5.74) is 1.35. The zero-order chi connectivity index (χ0) is 36.5. The van der Waals surface area contributed by atoms with Crippen LogP contribution < -0.4 is 0 Å². The van der Waals surface area contributed by atoms with Crippen LogP contribution in [0.15, 0.2) is 121 Å². The van der Waals surface area contributed by atoms with E-state index in [-0.39, 0.29) is 29.9 Å². The molecule has 13 nitrogen and oxygen atoms in total. The first-order chi connectivity index (χ1) is 25.3. The van der Waals surface area contributed by atoms with E-state index in [1.165, 1.54) is 24.3 Å². The van der Waals surface area contributed by atoms with Gasteiger partial charge in [-0.05, 0) is 42.0 Å². The van der Waals surface area contributed by atoms with E-state index < -0.39 is 79.8 Å². The van der Waals surface area contributed by atoms with E-state index in [0.717, 1.165) is 5.56 Å². The van der Waals surface area contributed by atoms with Gasteiger partial charge < -0.3 is 48.5 Å². The van der Waals surface area contributed by atoms with Gasteiger partial charge in [-0.1, -0.05) is 84.9 Å². The standard InChI is InChI=1S/C39H38O13/c40-30-28(46-21-24-13-5-1-6-14-24)22-48-39(31(30)41)52-33-32(50-36(43)26-17-9-3-10-18-26)29(23-47-35(42)25-15-7-2-8-16-25)49-38(45)34(33)51-37(44)27-19-11-4-12-20-27/h1-20,28-34,38-41,45H,21-23H2. The van der Waals surface area contributed by atoms with E-state index in [4.69, 9.17) is 33.2 Å². The van der Waals surface area contributed by atoms with Crippen LogP contribution >= 0.6 is 0 Å². The van der Waals surface area contributed by atoms with Crippen molar-refractivity contribution in [2.24, 2.45) is 0 Å². The summed E-state index contributed by atoms with van der Waals surface area (Å²) in [6, 6.07) is 33.2. The predicted octanol–water partition coefficient (Wildman–Crippen LogP) is 3.06. The number of aliphatic hydroxyl groups is 3. The lowest BCUT2D eigenvalue weighted by Gasteiger charge is -2.46. The fourth-order valence-corrected chi connectivity index (χ4v) is 5.77. The summed E-state index contributed by atoms with van der Waals surface area (Å²) in [4.78, 5) is 39.7. The molecule has 2 aliphatic heterocycles. The fraction of sp³-hybridized carbons (Fsp3) is 0.308. The highest BCUT2D eigenvalue weighted by Gasteiger charge is 2.54. The van der Waals surface area contributed by atoms with E-state index >= 15 is 0 Å². The largest absolute Gasteiger partial charge is 0.459 e. The average Bonchev–Trinajstić information content (AvgIpc) is 3.19. The monoisotopic (exact) mass is 714 g/mol. The summed E-state index contributed by atoms with van der Waals surface area (Å²) < 4.78 is 40.8. The Morgan fingerprint density at radius 3 is 1.67 bits per heavy atom. The summed E-state index contributed by atoms with van der Waals surface area (Å²) >= 11 is 0. The highest BCUT2D eigenvalue weighted by atomic mass is 16.7. The Kier molecular flexibility index (Phi) is 12.4. The number of benzene rings is 4. The molecule has 6 rings (SSSR count). The quantitative estimate of drug-likeness (QED) is 0.144. The third-order valence-electron chi connectivity index (χ3n) is 8.54. The highest BCUT2D eigenvalue weighted by Crippen LogP contribution is 2.32. The molecule has 2 heterocycles. The first-order valence-corrected chi connectivity index (χ1v) is 16.6. The van der Waals surface area contributed by atoms with Gasteiger partial charge in [-0.3, -0.25) is 0 Å². The Balaban J connectivity index is 1.27. The molecule has 2 aliphatic rings. The number of hydrogen-bond acceptors (Lipinski definition) is 13. The van der Waals surface area contributed by atoms with Crippen molar-refractivity contribution >= 4 is 17.9 Å². The minimum Gasteiger partial charge on any atom is -0.459 e. The van der Waals surface area contributed by atoms with Gasteiger partial charge in [0, 0.05) is 0 Å². The Labute approximate surface area is 299 Å². The van der Waals surface area contributed by atoms with E-state index in [1.807, 2.05) is 30.3 Å². The number of carbonyl (C=O) groups excluding carboxylic acids is 3. The second-order valence-electron chi connectivity index (χ2n) is 12.1. The van der Waals surface area contributed by atoms with Gasteiger partial charge in [0.2, 0.25) is 0 Å². The summed E-state index contributed by atoms with van der Waals surface area (Å²) in [7, 11) is 0. The molecule has 4 aromatic carbocycles. The number of esters is 3. The van der Waals surface area contributed by atoms with Crippen molar-refractivity contribution in [2.75, 3.05) is 13.2 Å². The number of hydrogen-bond donors (Lipinski definition) is 3. The van der Waals surface area contributed by atoms with Gasteiger partial charge in [-0.25, -0.2) is 14.4 Å². The summed E-state index contributed by atoms with van der Waals surface area (Å²) in [6.07, 6.45) is -13.8. The van der Waals surface area contributed by atoms with Gasteiger partial charge in [0.05, 0.1) is 29.9 Å². The number of aliphatic hydroxyl groups excluding tert-OH is 3. The molecule has 0 bridgehead atoms. The van der Waals surface area contributed by atoms with Crippen LogP contribution in [-0.4, -0.2) is 102 Å². The van der Waals surface area contributed by atoms with Crippen molar-refractivity contribution < 1.29 is 62.9 Å². The molecule has 0 aromatic heterocycles. The number of rotatable bonds is 12. The Morgan fingerprint density at radius 2 is 1.12 bits per heavy atom. The van der Waals surface area contributed by atoms with Crippen molar-refractivity contribution in [3.63, 3.8) is 0 Å². The van der Waals surface area contributed by atoms with Crippen LogP contribution in [0.25, 0.3) is 0 Å². The fourth-order valence-electron chi connectivity index (χ4n) is 5.77. The zero-order valence-corrected chi connectivity index (χ0v) is 27.8. The van der Waals surface area contributed by atoms with Crippen LogP contribution in [0, 0.1) is 0 Å². The molecule has 0 spiro atoms. The minimum absolute atomic E-state index is 0.132. The highest BCUT2D eigenvalue weighted by molar-refractivity contribution is 5.90. The van der Waals surface area contributed by atoms with Crippen LogP contribution in [-0.2, 0) is 39.8 Å². The van der Waals surface area contributed by atoms with Crippen LogP contribution in [0.1, 0.15) is 36.6 Å². The lowest BCUT2D eigenvalue weighted by atomic mass is 9.97. The molecule has 9 unspecified atom stereocenters. The van der Waals surface area contributed by atoms with Gasteiger partial charge >= 0.3 is 17.9 Å². The smallest absolute Gasteiger partial charge is 0.338 e. The van der Waals surface area contributed by atoms with E-state index in [0.29, 0.717) is 0 Å². The first-order valence-electron chi connectivity index (χ1n) is 16.6. The molecule has 9 atom stereocenters. The van der Waals surface area contributed by atoms with Crippen LogP contribution in [0.2, 0.25) is 0 Å². The zero-order valence-electron chi connectivity index (χ0n) is 27.8. The van der Waals surface area contributed by atoms with Gasteiger partial charge in [-0.15, -0.1) is 0 Å². The average molecular weight is 715 g/mol. The molecular weight excluding hydrogens is 676 g/mol. The predicted molar refractivity (Wildman–Crippen MR) is 181 cm³/mol. The second kappa shape index (κ2) is 17.5. The second-order valence-corrected chi connectivity index (χ2v) is 12.1. The molecule has 0 radical (unpaired) electrons. The lowest BCUT2D eigenvalue weighted by Crippen LogP contribution is -2.65. The SMILES string of the molecule is O=C(OCC1OC(O)C(OC(=O)c2ccccc2)C(OC2OCC(OCc3ccccc3)C(O)C2O)C1OC(=O)c1ccccc1)c1ccccc1. The maximum atomic E-state index is 13.5. The van der Waals surface area contributed by atoms with Crippen LogP contribution in [0.3, 0.4) is 0 Å². The topological polar surface area (TPSA) is 177 Å². The Bertz CT molecular complexity index is 1740. The summed E-state index contributed by atoms with van der Waals surface area (Å²) in [5, 5.41) is 33.6. The molecule has 2 saturated heterocycles. The van der Waals surface area contributed by atoms with Gasteiger partial charge in [0.1, 0.15) is 37.1 Å². The van der Waals surface area contributed by atoms with Crippen molar-refractivity contribution in [3.05, 3.63) is 144 Å². The molecule has 52 heavy (non-hydrogen) atoms. The molecule has 4 aromatic rings. The summed E-state index contributed by atoms with van der Waals surface area (Å²) in [5.74, 6) is -2.44. The van der Waals surface area contributed by atoms with Gasteiger partial charge in [0.25, 0.3) is 0 Å². The maximum absolute atomic E-state index is 13.5. The lowest BCUT2D eigenvalue weighted by molar-refractivity contribution is -0.343. The molecule has 272 valence electrons. The third-order valence-corrected chi connectivity index (χ3v) is 8.54. The maximum Gasteiger partial charge on any atom is 0.338 e. The molecule has 0 aliphatic carbocycles. The molecular formula is C39H38O13. The van der Waals surface area contributed by atoms with Gasteiger partial charge in [0.15, 0.2) is 24.8 Å². The van der Waals surface area contributed by atoms with Crippen LogP contribution in [0.4, 0.5) is 0 Å². The van der Waals surface area contributed by atoms with E-state index in [9.17, 15) is 29.7 Å². The normalized spacial score (nSPS) is 27.2. The molecule has 3 N–H and O–H groups in total. The van der Waals surface area contributed by atoms with Crippen molar-refractivity contribution in [1.82, 2.24) is 0 Å². The van der Waals surface area contributed by atoms with Crippen LogP contribution in [0.5, 0.6) is 0 Å². The number of carbonyl (C=O) groups is 3. The summed E-state index contributed by atoms with van der Waals surface area (Å²) in [6.45, 7) is -0.625. The first kappa shape index (κ1) is 36.8. The molecule has 13 heteroatoms. The van der Waals surface area contributed by atoms with Gasteiger partial charge in [-0.2, -0.15) is 0 Å². The molecule has 0 saturated carbocycles. The minimum atomic E-state index is -1.91. The van der Waals surface area contributed by atoms with E-state index in [2.05, 4.69) is 0 Å². The Hall–Kier alpha value is -4.99. The number of ether oxygens (including phenoxy) is 7. The van der Waals surface area contributed by atoms with Crippen molar-refractivity contribution in [2.45, 2.75) is 61.9 Å². The Morgan fingerprint density at radius 1 is 0.615 bits per heavy atom. The van der Waals surface area contributed by atoms with E-state index in [1.54, 1.807) is 66.7 Å². The van der Waals surface area contributed by atoms with Crippen molar-refractivity contribution in [1.29, 1.82) is 0 Å². The molecule has 2 fully saturated rings. The third kappa shape index (κ3) is 9.08.